The van der Waals surface area contributed by atoms with Gasteiger partial charge in [-0.3, -0.25) is 10.1 Å². The van der Waals surface area contributed by atoms with Gasteiger partial charge in [0, 0.05) is 28.7 Å². The van der Waals surface area contributed by atoms with E-state index >= 15 is 0 Å². The van der Waals surface area contributed by atoms with Crippen molar-refractivity contribution in [3.8, 4) is 5.75 Å². The van der Waals surface area contributed by atoms with Crippen LogP contribution in [-0.2, 0) is 0 Å². The van der Waals surface area contributed by atoms with Gasteiger partial charge in [-0.05, 0) is 12.1 Å². The second kappa shape index (κ2) is 4.06. The van der Waals surface area contributed by atoms with E-state index in [0.29, 0.717) is 5.75 Å². The Morgan fingerprint density at radius 1 is 1.50 bits per heavy atom. The number of nitro groups is 1. The SMILES string of the molecule is COc1cccc2[nH]cc(C=C[N+](=O)[O-])c12. The molecule has 16 heavy (non-hydrogen) atoms. The van der Waals surface area contributed by atoms with Gasteiger partial charge < -0.3 is 9.72 Å². The number of rotatable bonds is 3. The maximum Gasteiger partial charge on any atom is 0.235 e. The number of benzene rings is 1. The number of ether oxygens (including phenoxy) is 1. The van der Waals surface area contributed by atoms with Crippen LogP contribution in [0.25, 0.3) is 17.0 Å². The van der Waals surface area contributed by atoms with Gasteiger partial charge in [0.25, 0.3) is 0 Å². The van der Waals surface area contributed by atoms with Gasteiger partial charge in [-0.15, -0.1) is 0 Å². The Balaban J connectivity index is 2.58. The third kappa shape index (κ3) is 1.75. The zero-order chi connectivity index (χ0) is 11.5. The molecule has 0 aliphatic rings. The monoisotopic (exact) mass is 218 g/mol. The molecule has 1 aromatic carbocycles. The van der Waals surface area contributed by atoms with Crippen molar-refractivity contribution in [3.63, 3.8) is 0 Å². The number of hydrogen-bond acceptors (Lipinski definition) is 3. The number of fused-ring (bicyclic) bond motifs is 1. The topological polar surface area (TPSA) is 68.2 Å². The molecular formula is C11H10N2O3. The van der Waals surface area contributed by atoms with E-state index < -0.39 is 4.92 Å². The van der Waals surface area contributed by atoms with E-state index in [4.69, 9.17) is 4.74 Å². The smallest absolute Gasteiger partial charge is 0.235 e. The molecule has 0 saturated carbocycles. The van der Waals surface area contributed by atoms with Crippen LogP contribution in [0.5, 0.6) is 5.75 Å². The fourth-order valence-corrected chi connectivity index (χ4v) is 1.62. The zero-order valence-corrected chi connectivity index (χ0v) is 8.64. The highest BCUT2D eigenvalue weighted by atomic mass is 16.6. The Kier molecular flexibility index (Phi) is 2.59. The van der Waals surface area contributed by atoms with Gasteiger partial charge in [0.15, 0.2) is 0 Å². The first kappa shape index (κ1) is 10.2. The Labute approximate surface area is 91.5 Å². The Morgan fingerprint density at radius 2 is 2.31 bits per heavy atom. The van der Waals surface area contributed by atoms with Crippen LogP contribution in [0, 0.1) is 10.1 Å². The van der Waals surface area contributed by atoms with Crippen molar-refractivity contribution in [2.75, 3.05) is 7.11 Å². The Hall–Kier alpha value is -2.30. The summed E-state index contributed by atoms with van der Waals surface area (Å²) in [4.78, 5) is 12.8. The lowest BCUT2D eigenvalue weighted by Gasteiger charge is -2.01. The quantitative estimate of drug-likeness (QED) is 0.635. The third-order valence-electron chi connectivity index (χ3n) is 2.29. The molecule has 2 aromatic rings. The van der Waals surface area contributed by atoms with Crippen molar-refractivity contribution in [2.24, 2.45) is 0 Å². The molecule has 0 atom stereocenters. The molecule has 0 fully saturated rings. The number of nitrogens with one attached hydrogen (secondary N) is 1. The van der Waals surface area contributed by atoms with Crippen molar-refractivity contribution < 1.29 is 9.66 Å². The van der Waals surface area contributed by atoms with Crippen molar-refractivity contribution >= 4 is 17.0 Å². The van der Waals surface area contributed by atoms with E-state index in [1.54, 1.807) is 13.3 Å². The average molecular weight is 218 g/mol. The first-order valence-corrected chi connectivity index (χ1v) is 4.68. The highest BCUT2D eigenvalue weighted by Crippen LogP contribution is 2.29. The summed E-state index contributed by atoms with van der Waals surface area (Å²) in [5.41, 5.74) is 1.63. The molecule has 2 rings (SSSR count). The maximum absolute atomic E-state index is 10.3. The van der Waals surface area contributed by atoms with E-state index in [-0.39, 0.29) is 0 Å². The van der Waals surface area contributed by atoms with Crippen molar-refractivity contribution in [3.05, 3.63) is 46.3 Å². The van der Waals surface area contributed by atoms with Crippen LogP contribution in [0.15, 0.2) is 30.6 Å². The van der Waals surface area contributed by atoms with Crippen LogP contribution in [-0.4, -0.2) is 17.0 Å². The number of nitrogens with zero attached hydrogens (tertiary/aromatic N) is 1. The van der Waals surface area contributed by atoms with E-state index in [1.807, 2.05) is 18.2 Å². The maximum atomic E-state index is 10.3. The highest BCUT2D eigenvalue weighted by Gasteiger charge is 2.07. The minimum atomic E-state index is -0.492. The number of H-pyrrole nitrogens is 1. The molecule has 1 aromatic heterocycles. The van der Waals surface area contributed by atoms with Crippen molar-refractivity contribution in [1.29, 1.82) is 0 Å². The molecule has 82 valence electrons. The fourth-order valence-electron chi connectivity index (χ4n) is 1.62. The average Bonchev–Trinajstić information content (AvgIpc) is 2.69. The second-order valence-electron chi connectivity index (χ2n) is 3.23. The molecule has 0 spiro atoms. The molecule has 0 aliphatic heterocycles. The number of hydrogen-bond donors (Lipinski definition) is 1. The predicted octanol–water partition coefficient (Wildman–Crippen LogP) is 2.42. The summed E-state index contributed by atoms with van der Waals surface area (Å²) in [6, 6.07) is 5.57. The van der Waals surface area contributed by atoms with Gasteiger partial charge in [0.2, 0.25) is 6.20 Å². The molecular weight excluding hydrogens is 208 g/mol. The van der Waals surface area contributed by atoms with Gasteiger partial charge in [0.05, 0.1) is 12.0 Å². The molecule has 0 aliphatic carbocycles. The van der Waals surface area contributed by atoms with Crippen LogP contribution < -0.4 is 4.74 Å². The van der Waals surface area contributed by atoms with Crippen LogP contribution in [0.1, 0.15) is 5.56 Å². The van der Waals surface area contributed by atoms with E-state index in [0.717, 1.165) is 22.7 Å². The van der Waals surface area contributed by atoms with Crippen LogP contribution >= 0.6 is 0 Å². The molecule has 5 nitrogen and oxygen atoms in total. The Morgan fingerprint density at radius 3 is 3.00 bits per heavy atom. The van der Waals surface area contributed by atoms with Gasteiger partial charge >= 0.3 is 0 Å². The van der Waals surface area contributed by atoms with Crippen LogP contribution in [0.3, 0.4) is 0 Å². The third-order valence-corrected chi connectivity index (χ3v) is 2.29. The standard InChI is InChI=1S/C11H10N2O3/c1-16-10-4-2-3-9-11(10)8(7-12-9)5-6-13(14)15/h2-7,12H,1H3. The Bertz CT molecular complexity index is 557. The first-order chi connectivity index (χ1) is 7.72. The summed E-state index contributed by atoms with van der Waals surface area (Å²) in [7, 11) is 1.57. The van der Waals surface area contributed by atoms with E-state index in [1.165, 1.54) is 6.08 Å². The summed E-state index contributed by atoms with van der Waals surface area (Å²) in [6.45, 7) is 0. The lowest BCUT2D eigenvalue weighted by molar-refractivity contribution is -0.400. The lowest BCUT2D eigenvalue weighted by Crippen LogP contribution is -1.85. The van der Waals surface area contributed by atoms with Crippen molar-refractivity contribution in [1.82, 2.24) is 4.98 Å². The van der Waals surface area contributed by atoms with Gasteiger partial charge in [-0.1, -0.05) is 6.07 Å². The fraction of sp³-hybridized carbons (Fsp3) is 0.0909. The normalized spacial score (nSPS) is 11.1. The van der Waals surface area contributed by atoms with Gasteiger partial charge in [-0.25, -0.2) is 0 Å². The molecule has 0 amide bonds. The molecule has 0 bridgehead atoms. The van der Waals surface area contributed by atoms with Crippen LogP contribution in [0.4, 0.5) is 0 Å². The lowest BCUT2D eigenvalue weighted by atomic mass is 10.1. The summed E-state index contributed by atoms with van der Waals surface area (Å²) in [6.07, 6.45) is 4.07. The van der Waals surface area contributed by atoms with E-state index in [9.17, 15) is 10.1 Å². The minimum absolute atomic E-state index is 0.492. The van der Waals surface area contributed by atoms with E-state index in [2.05, 4.69) is 4.98 Å². The molecule has 1 heterocycles. The highest BCUT2D eigenvalue weighted by molar-refractivity contribution is 5.93. The minimum Gasteiger partial charge on any atom is -0.496 e. The van der Waals surface area contributed by atoms with Crippen LogP contribution in [0.2, 0.25) is 0 Å². The second-order valence-corrected chi connectivity index (χ2v) is 3.23. The first-order valence-electron chi connectivity index (χ1n) is 4.68. The largest absolute Gasteiger partial charge is 0.496 e. The summed E-state index contributed by atoms with van der Waals surface area (Å²) >= 11 is 0. The number of methoxy groups -OCH3 is 1. The number of aromatic amines is 1. The molecule has 0 unspecified atom stereocenters. The molecule has 5 heteroatoms. The number of aromatic nitrogens is 1. The predicted molar refractivity (Wildman–Crippen MR) is 60.9 cm³/mol. The summed E-state index contributed by atoms with van der Waals surface area (Å²) in [5, 5.41) is 11.1. The molecule has 0 radical (unpaired) electrons. The van der Waals surface area contributed by atoms with Gasteiger partial charge in [0.1, 0.15) is 5.75 Å². The summed E-state index contributed by atoms with van der Waals surface area (Å²) in [5.74, 6) is 0.696. The zero-order valence-electron chi connectivity index (χ0n) is 8.64. The molecule has 0 saturated heterocycles. The van der Waals surface area contributed by atoms with Crippen molar-refractivity contribution in [2.45, 2.75) is 0 Å². The molecule has 1 N–H and O–H groups in total. The summed E-state index contributed by atoms with van der Waals surface area (Å²) < 4.78 is 5.21. The van der Waals surface area contributed by atoms with Gasteiger partial charge in [-0.2, -0.15) is 0 Å².